The van der Waals surface area contributed by atoms with Crippen LogP contribution < -0.4 is 4.90 Å². The lowest BCUT2D eigenvalue weighted by molar-refractivity contribution is -0.117. The third-order valence-corrected chi connectivity index (χ3v) is 5.05. The molecule has 1 aromatic heterocycles. The Kier molecular flexibility index (Phi) is 5.20. The van der Waals surface area contributed by atoms with Crippen LogP contribution in [0.25, 0.3) is 0 Å². The van der Waals surface area contributed by atoms with Crippen molar-refractivity contribution in [1.82, 2.24) is 4.98 Å². The SMILES string of the molecule is CCN(C(=O)C(C)Sc1nc(C)cs1)c1ccccc1. The summed E-state index contributed by atoms with van der Waals surface area (Å²) < 4.78 is 0.951. The van der Waals surface area contributed by atoms with Crippen molar-refractivity contribution in [2.24, 2.45) is 0 Å². The highest BCUT2D eigenvalue weighted by Gasteiger charge is 2.22. The predicted molar refractivity (Wildman–Crippen MR) is 86.6 cm³/mol. The van der Waals surface area contributed by atoms with Gasteiger partial charge in [0.25, 0.3) is 0 Å². The van der Waals surface area contributed by atoms with Gasteiger partial charge in [0, 0.05) is 23.3 Å². The van der Waals surface area contributed by atoms with Gasteiger partial charge in [-0.3, -0.25) is 4.79 Å². The first kappa shape index (κ1) is 15.1. The minimum absolute atomic E-state index is 0.122. The Balaban J connectivity index is 2.08. The molecule has 0 radical (unpaired) electrons. The van der Waals surface area contributed by atoms with Crippen LogP contribution in [0.2, 0.25) is 0 Å². The molecule has 20 heavy (non-hydrogen) atoms. The first-order chi connectivity index (χ1) is 9.61. The molecule has 0 aliphatic rings. The van der Waals surface area contributed by atoms with E-state index in [1.54, 1.807) is 11.3 Å². The minimum atomic E-state index is -0.138. The molecule has 0 N–H and O–H groups in total. The summed E-state index contributed by atoms with van der Waals surface area (Å²) in [6, 6.07) is 9.79. The van der Waals surface area contributed by atoms with Crippen molar-refractivity contribution in [2.75, 3.05) is 11.4 Å². The van der Waals surface area contributed by atoms with Crippen LogP contribution in [0.5, 0.6) is 0 Å². The zero-order valence-corrected chi connectivity index (χ0v) is 13.5. The van der Waals surface area contributed by atoms with E-state index in [0.717, 1.165) is 15.7 Å². The number of thioether (sulfide) groups is 1. The third-order valence-electron chi connectivity index (χ3n) is 2.87. The quantitative estimate of drug-likeness (QED) is 0.783. The van der Waals surface area contributed by atoms with Crippen molar-refractivity contribution in [3.05, 3.63) is 41.4 Å². The van der Waals surface area contributed by atoms with Crippen molar-refractivity contribution in [3.8, 4) is 0 Å². The van der Waals surface area contributed by atoms with Crippen LogP contribution in [0.1, 0.15) is 19.5 Å². The fraction of sp³-hybridized carbons (Fsp3) is 0.333. The summed E-state index contributed by atoms with van der Waals surface area (Å²) in [7, 11) is 0. The fourth-order valence-electron chi connectivity index (χ4n) is 1.88. The molecule has 0 saturated carbocycles. The molecule has 0 spiro atoms. The summed E-state index contributed by atoms with van der Waals surface area (Å²) in [6.45, 7) is 6.57. The van der Waals surface area contributed by atoms with E-state index >= 15 is 0 Å². The van der Waals surface area contributed by atoms with Gasteiger partial charge in [0.05, 0.1) is 5.25 Å². The van der Waals surface area contributed by atoms with E-state index in [0.29, 0.717) is 6.54 Å². The van der Waals surface area contributed by atoms with Gasteiger partial charge in [-0.1, -0.05) is 30.0 Å². The Bertz CT molecular complexity index is 568. The van der Waals surface area contributed by atoms with Crippen LogP contribution in [-0.2, 0) is 4.79 Å². The second-order valence-corrected chi connectivity index (χ2v) is 6.88. The van der Waals surface area contributed by atoms with Crippen molar-refractivity contribution < 1.29 is 4.79 Å². The van der Waals surface area contributed by atoms with Crippen molar-refractivity contribution in [3.63, 3.8) is 0 Å². The van der Waals surface area contributed by atoms with Gasteiger partial charge >= 0.3 is 0 Å². The number of thiazole rings is 1. The molecule has 1 aromatic carbocycles. The monoisotopic (exact) mass is 306 g/mol. The van der Waals surface area contributed by atoms with Crippen LogP contribution in [0.3, 0.4) is 0 Å². The summed E-state index contributed by atoms with van der Waals surface area (Å²) in [6.07, 6.45) is 0. The predicted octanol–water partition coefficient (Wildman–Crippen LogP) is 3.99. The van der Waals surface area contributed by atoms with Gasteiger partial charge in [-0.2, -0.15) is 0 Å². The number of anilines is 1. The number of hydrogen-bond acceptors (Lipinski definition) is 4. The first-order valence-electron chi connectivity index (χ1n) is 6.57. The van der Waals surface area contributed by atoms with E-state index in [9.17, 15) is 4.79 Å². The van der Waals surface area contributed by atoms with Gasteiger partial charge in [0.15, 0.2) is 4.34 Å². The van der Waals surface area contributed by atoms with Crippen LogP contribution in [-0.4, -0.2) is 22.7 Å². The highest BCUT2D eigenvalue weighted by Crippen LogP contribution is 2.28. The number of carbonyl (C=O) groups is 1. The molecule has 1 unspecified atom stereocenters. The molecule has 0 aliphatic heterocycles. The summed E-state index contributed by atoms with van der Waals surface area (Å²) in [5.74, 6) is 0.122. The number of amides is 1. The van der Waals surface area contributed by atoms with Gasteiger partial charge in [-0.25, -0.2) is 4.98 Å². The summed E-state index contributed by atoms with van der Waals surface area (Å²) >= 11 is 3.12. The smallest absolute Gasteiger partial charge is 0.240 e. The van der Waals surface area contributed by atoms with E-state index in [1.807, 2.05) is 61.4 Å². The number of rotatable bonds is 5. The molecular weight excluding hydrogens is 288 g/mol. The molecule has 106 valence electrons. The molecule has 0 bridgehead atoms. The lowest BCUT2D eigenvalue weighted by Gasteiger charge is -2.23. The number of carbonyl (C=O) groups excluding carboxylic acids is 1. The number of hydrogen-bond donors (Lipinski definition) is 0. The number of nitrogens with zero attached hydrogens (tertiary/aromatic N) is 2. The molecule has 3 nitrogen and oxygen atoms in total. The summed E-state index contributed by atoms with van der Waals surface area (Å²) in [5, 5.41) is 1.87. The first-order valence-corrected chi connectivity index (χ1v) is 8.33. The Morgan fingerprint density at radius 1 is 1.40 bits per heavy atom. The molecular formula is C15H18N2OS2. The summed E-state index contributed by atoms with van der Waals surface area (Å²) in [4.78, 5) is 18.8. The number of aromatic nitrogens is 1. The average molecular weight is 306 g/mol. The van der Waals surface area contributed by atoms with E-state index in [2.05, 4.69) is 4.98 Å². The van der Waals surface area contributed by atoms with Gasteiger partial charge in [0.1, 0.15) is 0 Å². The van der Waals surface area contributed by atoms with Crippen molar-refractivity contribution >= 4 is 34.7 Å². The van der Waals surface area contributed by atoms with E-state index in [4.69, 9.17) is 0 Å². The zero-order valence-electron chi connectivity index (χ0n) is 11.9. The molecule has 1 amide bonds. The highest BCUT2D eigenvalue weighted by atomic mass is 32.2. The molecule has 2 rings (SSSR count). The molecule has 1 atom stereocenters. The molecule has 5 heteroatoms. The highest BCUT2D eigenvalue weighted by molar-refractivity contribution is 8.02. The average Bonchev–Trinajstić information content (AvgIpc) is 2.86. The van der Waals surface area contributed by atoms with Crippen LogP contribution in [0, 0.1) is 6.92 Å². The Morgan fingerprint density at radius 2 is 2.10 bits per heavy atom. The van der Waals surface area contributed by atoms with Crippen LogP contribution >= 0.6 is 23.1 Å². The van der Waals surface area contributed by atoms with E-state index in [-0.39, 0.29) is 11.2 Å². The molecule has 1 heterocycles. The van der Waals surface area contributed by atoms with Gasteiger partial charge in [-0.05, 0) is 32.9 Å². The minimum Gasteiger partial charge on any atom is -0.312 e. The molecule has 0 saturated heterocycles. The standard InChI is InChI=1S/C15H18N2OS2/c1-4-17(13-8-6-5-7-9-13)14(18)12(3)20-15-16-11(2)10-19-15/h5-10,12H,4H2,1-3H3. The maximum Gasteiger partial charge on any atom is 0.240 e. The maximum absolute atomic E-state index is 12.6. The zero-order chi connectivity index (χ0) is 14.5. The largest absolute Gasteiger partial charge is 0.312 e. The Morgan fingerprint density at radius 3 is 2.65 bits per heavy atom. The summed E-state index contributed by atoms with van der Waals surface area (Å²) in [5.41, 5.74) is 1.95. The Hall–Kier alpha value is -1.33. The second-order valence-electron chi connectivity index (χ2n) is 4.43. The van der Waals surface area contributed by atoms with Crippen molar-refractivity contribution in [1.29, 1.82) is 0 Å². The fourth-order valence-corrected chi connectivity index (χ4v) is 3.93. The van der Waals surface area contributed by atoms with Gasteiger partial charge in [0.2, 0.25) is 5.91 Å². The molecule has 2 aromatic rings. The van der Waals surface area contributed by atoms with E-state index < -0.39 is 0 Å². The maximum atomic E-state index is 12.6. The topological polar surface area (TPSA) is 33.2 Å². The van der Waals surface area contributed by atoms with E-state index in [1.165, 1.54) is 11.8 Å². The number of para-hydroxylation sites is 1. The second kappa shape index (κ2) is 6.90. The lowest BCUT2D eigenvalue weighted by Crippen LogP contribution is -2.36. The lowest BCUT2D eigenvalue weighted by atomic mass is 10.2. The Labute approximate surface area is 128 Å². The van der Waals surface area contributed by atoms with Crippen LogP contribution in [0.15, 0.2) is 40.1 Å². The molecule has 0 aliphatic carbocycles. The third kappa shape index (κ3) is 3.61. The van der Waals surface area contributed by atoms with Crippen molar-refractivity contribution in [2.45, 2.75) is 30.4 Å². The normalized spacial score (nSPS) is 12.2. The van der Waals surface area contributed by atoms with Gasteiger partial charge < -0.3 is 4.90 Å². The number of aryl methyl sites for hydroxylation is 1. The number of benzene rings is 1. The molecule has 0 fully saturated rings. The van der Waals surface area contributed by atoms with Gasteiger partial charge in [-0.15, -0.1) is 11.3 Å². The van der Waals surface area contributed by atoms with Crippen LogP contribution in [0.4, 0.5) is 5.69 Å².